The van der Waals surface area contributed by atoms with Crippen molar-refractivity contribution in [2.45, 2.75) is 25.4 Å². The van der Waals surface area contributed by atoms with Gasteiger partial charge in [-0.15, -0.1) is 12.4 Å². The number of hydrogen-bond donors (Lipinski definition) is 2. The highest BCUT2D eigenvalue weighted by Crippen LogP contribution is 2.32. The second-order valence-corrected chi connectivity index (χ2v) is 11.4. The Morgan fingerprint density at radius 1 is 1.24 bits per heavy atom. The summed E-state index contributed by atoms with van der Waals surface area (Å²) in [7, 11) is -3.84. The summed E-state index contributed by atoms with van der Waals surface area (Å²) < 4.78 is 34.0. The molecule has 12 heteroatoms. The number of carbonyl (C=O) groups is 1. The van der Waals surface area contributed by atoms with E-state index in [4.69, 9.17) is 10.1 Å². The number of β-amino-alcohol motifs (C(OH)–C–C–N with tert-alkyl or cyclic N) is 1. The Bertz CT molecular complexity index is 1070. The number of nitrogens with one attached hydrogen (secondary N) is 1. The SMILES string of the molecule is CC(=N)N1CCC(O)(CN2CCN(S(=O)(=O)C3=Cc4ccc(Br)cc4OC3)CC2=O)CC1.Cl. The van der Waals surface area contributed by atoms with Gasteiger partial charge >= 0.3 is 0 Å². The van der Waals surface area contributed by atoms with E-state index >= 15 is 0 Å². The van der Waals surface area contributed by atoms with Gasteiger partial charge in [-0.3, -0.25) is 10.2 Å². The molecule has 0 atom stereocenters. The maximum absolute atomic E-state index is 13.1. The van der Waals surface area contributed by atoms with E-state index in [0.717, 1.165) is 4.47 Å². The third-order valence-electron chi connectivity index (χ3n) is 6.27. The standard InChI is InChI=1S/C21H27BrN4O5S.ClH/c1-15(23)24-6-4-21(28,5-7-24)14-25-8-9-26(12-20(25)27)32(29,30)18-10-16-2-3-17(22)11-19(16)31-13-18;/h2-3,10-11,23,28H,4-9,12-14H2,1H3;1H. The number of aliphatic hydroxyl groups is 1. The van der Waals surface area contributed by atoms with Crippen LogP contribution in [-0.4, -0.2) is 90.8 Å². The van der Waals surface area contributed by atoms with Gasteiger partial charge in [-0.1, -0.05) is 22.0 Å². The summed E-state index contributed by atoms with van der Waals surface area (Å²) in [6.07, 6.45) is 2.53. The highest BCUT2D eigenvalue weighted by atomic mass is 79.9. The van der Waals surface area contributed by atoms with Crippen molar-refractivity contribution in [3.63, 3.8) is 0 Å². The van der Waals surface area contributed by atoms with E-state index in [0.29, 0.717) is 43.1 Å². The number of nitrogens with zero attached hydrogens (tertiary/aromatic N) is 3. The molecule has 0 spiro atoms. The van der Waals surface area contributed by atoms with Crippen LogP contribution >= 0.6 is 28.3 Å². The van der Waals surface area contributed by atoms with Gasteiger partial charge in [-0.2, -0.15) is 4.31 Å². The molecule has 3 aliphatic heterocycles. The summed E-state index contributed by atoms with van der Waals surface area (Å²) >= 11 is 3.37. The number of fused-ring (bicyclic) bond motifs is 1. The second-order valence-electron chi connectivity index (χ2n) is 8.53. The molecule has 2 fully saturated rings. The predicted molar refractivity (Wildman–Crippen MR) is 131 cm³/mol. The molecule has 3 heterocycles. The minimum Gasteiger partial charge on any atom is -0.487 e. The summed E-state index contributed by atoms with van der Waals surface area (Å²) in [6.45, 7) is 3.10. The molecule has 1 aromatic rings. The molecule has 33 heavy (non-hydrogen) atoms. The maximum Gasteiger partial charge on any atom is 0.243 e. The van der Waals surface area contributed by atoms with Gasteiger partial charge in [0.05, 0.1) is 22.9 Å². The van der Waals surface area contributed by atoms with Gasteiger partial charge < -0.3 is 19.6 Å². The molecule has 0 saturated carbocycles. The van der Waals surface area contributed by atoms with E-state index in [1.54, 1.807) is 30.0 Å². The second kappa shape index (κ2) is 9.91. The zero-order valence-electron chi connectivity index (χ0n) is 18.3. The summed E-state index contributed by atoms with van der Waals surface area (Å²) in [6, 6.07) is 5.38. The number of benzene rings is 1. The molecule has 0 aromatic heterocycles. The predicted octanol–water partition coefficient (Wildman–Crippen LogP) is 1.90. The van der Waals surface area contributed by atoms with Gasteiger partial charge in [0.2, 0.25) is 15.9 Å². The molecule has 0 unspecified atom stereocenters. The van der Waals surface area contributed by atoms with Crippen molar-refractivity contribution in [1.82, 2.24) is 14.1 Å². The lowest BCUT2D eigenvalue weighted by Gasteiger charge is -2.43. The summed E-state index contributed by atoms with van der Waals surface area (Å²) in [5.74, 6) is 0.760. The van der Waals surface area contributed by atoms with Crippen molar-refractivity contribution in [3.05, 3.63) is 33.1 Å². The average molecular weight is 564 g/mol. The number of amides is 1. The van der Waals surface area contributed by atoms with E-state index in [-0.39, 0.29) is 56.0 Å². The Kier molecular flexibility index (Phi) is 7.79. The van der Waals surface area contributed by atoms with Crippen molar-refractivity contribution >= 4 is 56.2 Å². The number of amidine groups is 1. The number of likely N-dealkylation sites (tertiary alicyclic amines) is 1. The molecule has 0 aliphatic carbocycles. The Labute approximate surface area is 208 Å². The van der Waals surface area contributed by atoms with Gasteiger partial charge in [0, 0.05) is 42.8 Å². The molecular weight excluding hydrogens is 536 g/mol. The molecular formula is C21H28BrClN4O5S. The van der Waals surface area contributed by atoms with Gasteiger partial charge in [-0.05, 0) is 38.0 Å². The van der Waals surface area contributed by atoms with Crippen LogP contribution in [0.25, 0.3) is 6.08 Å². The van der Waals surface area contributed by atoms with Crippen molar-refractivity contribution in [3.8, 4) is 5.75 Å². The number of ether oxygens (including phenoxy) is 1. The Balaban J connectivity index is 0.00000306. The van der Waals surface area contributed by atoms with Crippen molar-refractivity contribution in [2.75, 3.05) is 45.9 Å². The van der Waals surface area contributed by atoms with E-state index in [1.165, 1.54) is 4.31 Å². The average Bonchev–Trinajstić information content (AvgIpc) is 2.74. The highest BCUT2D eigenvalue weighted by molar-refractivity contribution is 9.10. The number of halogens is 2. The van der Waals surface area contributed by atoms with Gasteiger partial charge in [0.25, 0.3) is 0 Å². The van der Waals surface area contributed by atoms with Crippen LogP contribution in [0.15, 0.2) is 27.6 Å². The molecule has 0 bridgehead atoms. The van der Waals surface area contributed by atoms with E-state index < -0.39 is 15.6 Å². The summed E-state index contributed by atoms with van der Waals surface area (Å²) in [5, 5.41) is 18.7. The first kappa shape index (κ1) is 26.0. The smallest absolute Gasteiger partial charge is 0.243 e. The molecule has 1 aromatic carbocycles. The van der Waals surface area contributed by atoms with E-state index in [1.807, 2.05) is 11.0 Å². The van der Waals surface area contributed by atoms with E-state index in [9.17, 15) is 18.3 Å². The van der Waals surface area contributed by atoms with Gasteiger partial charge in [-0.25, -0.2) is 8.42 Å². The third kappa shape index (κ3) is 5.54. The molecule has 9 nitrogen and oxygen atoms in total. The van der Waals surface area contributed by atoms with Crippen LogP contribution in [0.4, 0.5) is 0 Å². The fourth-order valence-corrected chi connectivity index (χ4v) is 6.02. The maximum atomic E-state index is 13.1. The minimum absolute atomic E-state index is 0. The highest BCUT2D eigenvalue weighted by Gasteiger charge is 2.40. The molecule has 1 amide bonds. The first-order valence-corrected chi connectivity index (χ1v) is 12.7. The van der Waals surface area contributed by atoms with Crippen LogP contribution in [0.2, 0.25) is 0 Å². The van der Waals surface area contributed by atoms with E-state index in [2.05, 4.69) is 15.9 Å². The summed E-state index contributed by atoms with van der Waals surface area (Å²) in [5.41, 5.74) is -0.336. The number of hydrogen-bond acceptors (Lipinski definition) is 6. The molecule has 2 saturated heterocycles. The molecule has 182 valence electrons. The van der Waals surface area contributed by atoms with Gasteiger partial charge in [0.15, 0.2) is 0 Å². The quantitative estimate of drug-likeness (QED) is 0.427. The zero-order valence-corrected chi connectivity index (χ0v) is 21.5. The fourth-order valence-electron chi connectivity index (χ4n) is 4.26. The Hall–Kier alpha value is -1.66. The number of rotatable bonds is 4. The lowest BCUT2D eigenvalue weighted by atomic mass is 9.90. The number of carbonyl (C=O) groups excluding carboxylic acids is 1. The van der Waals surface area contributed by atoms with Crippen LogP contribution < -0.4 is 4.74 Å². The molecule has 0 radical (unpaired) electrons. The fraction of sp³-hybridized carbons (Fsp3) is 0.524. The van der Waals surface area contributed by atoms with Crippen molar-refractivity contribution in [1.29, 1.82) is 5.41 Å². The number of sulfonamides is 1. The van der Waals surface area contributed by atoms with Crippen LogP contribution in [0.1, 0.15) is 25.3 Å². The Morgan fingerprint density at radius 2 is 1.94 bits per heavy atom. The van der Waals surface area contributed by atoms with Crippen LogP contribution in [0.3, 0.4) is 0 Å². The van der Waals surface area contributed by atoms with Crippen molar-refractivity contribution in [2.24, 2.45) is 0 Å². The topological polar surface area (TPSA) is 114 Å². The molecule has 4 rings (SSSR count). The first-order chi connectivity index (χ1) is 15.1. The third-order valence-corrected chi connectivity index (χ3v) is 8.65. The van der Waals surface area contributed by atoms with Crippen LogP contribution in [0.5, 0.6) is 5.75 Å². The van der Waals surface area contributed by atoms with Crippen LogP contribution in [-0.2, 0) is 14.8 Å². The monoisotopic (exact) mass is 562 g/mol. The zero-order chi connectivity index (χ0) is 23.1. The lowest BCUT2D eigenvalue weighted by Crippen LogP contribution is -2.58. The lowest BCUT2D eigenvalue weighted by molar-refractivity contribution is -0.139. The minimum atomic E-state index is -3.84. The number of piperidine rings is 1. The largest absolute Gasteiger partial charge is 0.487 e. The number of piperazine rings is 1. The molecule has 3 aliphatic rings. The van der Waals surface area contributed by atoms with Crippen molar-refractivity contribution < 1.29 is 23.1 Å². The first-order valence-electron chi connectivity index (χ1n) is 10.5. The van der Waals surface area contributed by atoms with Gasteiger partial charge in [0.1, 0.15) is 12.4 Å². The Morgan fingerprint density at radius 3 is 2.58 bits per heavy atom. The molecule has 2 N–H and O–H groups in total. The summed E-state index contributed by atoms with van der Waals surface area (Å²) in [4.78, 5) is 16.3. The van der Waals surface area contributed by atoms with Crippen LogP contribution in [0, 0.1) is 5.41 Å². The normalized spacial score (nSPS) is 20.9.